The van der Waals surface area contributed by atoms with Gasteiger partial charge in [0.25, 0.3) is 0 Å². The number of rotatable bonds is 39. The lowest BCUT2D eigenvalue weighted by atomic mass is 10.0. The third-order valence-electron chi connectivity index (χ3n) is 9.77. The van der Waals surface area contributed by atoms with E-state index < -0.39 is 12.0 Å². The Balaban J connectivity index is 3.88. The van der Waals surface area contributed by atoms with Crippen molar-refractivity contribution in [3.63, 3.8) is 0 Å². The largest absolute Gasteiger partial charge is 0.480 e. The molecule has 0 bridgehead atoms. The first kappa shape index (κ1) is 48.9. The van der Waals surface area contributed by atoms with Gasteiger partial charge in [0.15, 0.2) is 0 Å². The maximum atomic E-state index is 12.6. The Kier molecular flexibility index (Phi) is 37.4. The predicted octanol–water partition coefficient (Wildman–Crippen LogP) is 12.1. The molecule has 0 spiro atoms. The number of nitrogens with two attached hydrogens (primary N) is 1. The average Bonchev–Trinajstić information content (AvgIpc) is 3.11. The van der Waals surface area contributed by atoms with Crippen LogP contribution in [0, 0.1) is 0 Å². The van der Waals surface area contributed by atoms with E-state index in [-0.39, 0.29) is 18.0 Å². The van der Waals surface area contributed by atoms with Crippen molar-refractivity contribution in [2.24, 2.45) is 5.73 Å². The van der Waals surface area contributed by atoms with Gasteiger partial charge in [-0.3, -0.25) is 9.59 Å². The van der Waals surface area contributed by atoms with Gasteiger partial charge < -0.3 is 20.9 Å². The van der Waals surface area contributed by atoms with Crippen LogP contribution in [0.4, 0.5) is 0 Å². The summed E-state index contributed by atoms with van der Waals surface area (Å²) in [7, 11) is 0. The lowest BCUT2D eigenvalue weighted by Gasteiger charge is -2.18. The highest BCUT2D eigenvalue weighted by Crippen LogP contribution is 2.18. The van der Waals surface area contributed by atoms with Gasteiger partial charge in [-0.2, -0.15) is 0 Å². The van der Waals surface area contributed by atoms with Gasteiger partial charge in [0.2, 0.25) is 5.91 Å². The SMILES string of the molecule is CCCCCCC/C=C\C/C=C\CCCCCCCCCCCCCC(=O)OC(CCCCCC)CCCCCC(=O)NC(CCCN)C(=O)O. The number of nitrogens with one attached hydrogen (secondary N) is 1. The molecule has 0 aliphatic rings. The average molecular weight is 719 g/mol. The van der Waals surface area contributed by atoms with Crippen LogP contribution in [0.3, 0.4) is 0 Å². The maximum Gasteiger partial charge on any atom is 0.326 e. The van der Waals surface area contributed by atoms with E-state index in [1.165, 1.54) is 116 Å². The number of unbranched alkanes of at least 4 members (excludes halogenated alkanes) is 21. The summed E-state index contributed by atoms with van der Waals surface area (Å²) < 4.78 is 5.92. The topological polar surface area (TPSA) is 119 Å². The number of ether oxygens (including phenoxy) is 1. The highest BCUT2D eigenvalue weighted by atomic mass is 16.5. The molecule has 0 fully saturated rings. The Bertz CT molecular complexity index is 858. The minimum absolute atomic E-state index is 0.0470. The molecule has 0 saturated carbocycles. The predicted molar refractivity (Wildman–Crippen MR) is 216 cm³/mol. The molecule has 51 heavy (non-hydrogen) atoms. The van der Waals surface area contributed by atoms with E-state index in [9.17, 15) is 19.5 Å². The van der Waals surface area contributed by atoms with Gasteiger partial charge >= 0.3 is 11.9 Å². The maximum absolute atomic E-state index is 12.6. The van der Waals surface area contributed by atoms with E-state index in [0.29, 0.717) is 38.6 Å². The molecule has 0 heterocycles. The first-order valence-electron chi connectivity index (χ1n) is 21.7. The van der Waals surface area contributed by atoms with Crippen molar-refractivity contribution in [1.82, 2.24) is 5.32 Å². The fourth-order valence-corrected chi connectivity index (χ4v) is 6.48. The highest BCUT2D eigenvalue weighted by molar-refractivity contribution is 5.83. The summed E-state index contributed by atoms with van der Waals surface area (Å²) in [6.07, 6.45) is 44.0. The van der Waals surface area contributed by atoms with Gasteiger partial charge in [-0.05, 0) is 90.0 Å². The van der Waals surface area contributed by atoms with Crippen molar-refractivity contribution < 1.29 is 24.2 Å². The first-order valence-corrected chi connectivity index (χ1v) is 21.7. The zero-order valence-electron chi connectivity index (χ0n) is 33.5. The molecule has 0 rings (SSSR count). The molecule has 7 nitrogen and oxygen atoms in total. The van der Waals surface area contributed by atoms with Gasteiger partial charge in [0.1, 0.15) is 12.1 Å². The summed E-state index contributed by atoms with van der Waals surface area (Å²) in [6.45, 7) is 4.87. The van der Waals surface area contributed by atoms with Gasteiger partial charge in [-0.25, -0.2) is 4.79 Å². The standard InChI is InChI=1S/C44H82N2O5/c1-3-5-7-9-10-11-12-13-14-15-16-17-18-19-20-21-22-23-24-25-26-27-32-38-43(48)51-40(34-29-8-6-4-2)35-30-28-31-37-42(47)46-41(44(49)50)36-33-39-45/h12-13,15-16,40-41H,3-11,14,17-39,45H2,1-2H3,(H,46,47)(H,49,50)/b13-12-,16-15-. The van der Waals surface area contributed by atoms with Gasteiger partial charge in [-0.1, -0.05) is 147 Å². The van der Waals surface area contributed by atoms with Gasteiger partial charge in [-0.15, -0.1) is 0 Å². The summed E-state index contributed by atoms with van der Waals surface area (Å²) in [6, 6.07) is -0.872. The number of hydrogen-bond donors (Lipinski definition) is 3. The number of carboxylic acids is 1. The quantitative estimate of drug-likeness (QED) is 0.0331. The highest BCUT2D eigenvalue weighted by Gasteiger charge is 2.19. The van der Waals surface area contributed by atoms with Crippen molar-refractivity contribution >= 4 is 17.8 Å². The van der Waals surface area contributed by atoms with Crippen LogP contribution in [-0.2, 0) is 19.1 Å². The first-order chi connectivity index (χ1) is 24.9. The molecule has 2 unspecified atom stereocenters. The molecule has 0 aliphatic heterocycles. The summed E-state index contributed by atoms with van der Waals surface area (Å²) in [4.78, 5) is 36.2. The normalized spacial score (nSPS) is 12.8. The number of carboxylic acid groups (broad SMARTS) is 1. The number of hydrogen-bond acceptors (Lipinski definition) is 5. The molecule has 0 radical (unpaired) electrons. The lowest BCUT2D eigenvalue weighted by molar-refractivity contribution is -0.150. The van der Waals surface area contributed by atoms with Crippen molar-refractivity contribution in [2.45, 2.75) is 231 Å². The number of carbonyl (C=O) groups excluding carboxylic acids is 2. The second kappa shape index (κ2) is 39.1. The number of esters is 1. The van der Waals surface area contributed by atoms with Crippen molar-refractivity contribution in [3.8, 4) is 0 Å². The number of carbonyl (C=O) groups is 3. The van der Waals surface area contributed by atoms with Crippen molar-refractivity contribution in [2.75, 3.05) is 6.54 Å². The molecule has 0 aromatic heterocycles. The minimum Gasteiger partial charge on any atom is -0.480 e. The van der Waals surface area contributed by atoms with Crippen LogP contribution in [-0.4, -0.2) is 41.6 Å². The number of aliphatic carboxylic acids is 1. The second-order valence-electron chi connectivity index (χ2n) is 14.8. The van der Waals surface area contributed by atoms with E-state index in [4.69, 9.17) is 10.5 Å². The summed E-state index contributed by atoms with van der Waals surface area (Å²) in [5.74, 6) is -1.31. The van der Waals surface area contributed by atoms with Crippen LogP contribution in [0.25, 0.3) is 0 Å². The molecule has 0 saturated heterocycles. The Morgan fingerprint density at radius 2 is 1.02 bits per heavy atom. The molecule has 298 valence electrons. The van der Waals surface area contributed by atoms with Crippen LogP contribution in [0.2, 0.25) is 0 Å². The molecule has 0 aliphatic carbocycles. The molecule has 1 amide bonds. The molecule has 7 heteroatoms. The van der Waals surface area contributed by atoms with Crippen LogP contribution in [0.5, 0.6) is 0 Å². The van der Waals surface area contributed by atoms with Crippen molar-refractivity contribution in [3.05, 3.63) is 24.3 Å². The molecule has 0 aromatic rings. The van der Waals surface area contributed by atoms with E-state index in [1.807, 2.05) is 0 Å². The van der Waals surface area contributed by atoms with Gasteiger partial charge in [0.05, 0.1) is 0 Å². The van der Waals surface area contributed by atoms with Crippen LogP contribution < -0.4 is 11.1 Å². The Hall–Kier alpha value is -2.15. The van der Waals surface area contributed by atoms with Crippen LogP contribution >= 0.6 is 0 Å². The third kappa shape index (κ3) is 36.0. The summed E-state index contributed by atoms with van der Waals surface area (Å²) in [5.41, 5.74) is 5.47. The minimum atomic E-state index is -1.02. The fraction of sp³-hybridized carbons (Fsp3) is 0.841. The molecular weight excluding hydrogens is 636 g/mol. The third-order valence-corrected chi connectivity index (χ3v) is 9.77. The van der Waals surface area contributed by atoms with Gasteiger partial charge in [0, 0.05) is 12.8 Å². The number of amides is 1. The van der Waals surface area contributed by atoms with Crippen LogP contribution in [0.15, 0.2) is 24.3 Å². The Morgan fingerprint density at radius 3 is 1.53 bits per heavy atom. The zero-order valence-corrected chi connectivity index (χ0v) is 33.5. The Morgan fingerprint density at radius 1 is 0.569 bits per heavy atom. The Labute approximate surface area is 314 Å². The molecule has 2 atom stereocenters. The molecule has 0 aromatic carbocycles. The van der Waals surface area contributed by atoms with E-state index in [0.717, 1.165) is 57.8 Å². The fourth-order valence-electron chi connectivity index (χ4n) is 6.48. The monoisotopic (exact) mass is 719 g/mol. The van der Waals surface area contributed by atoms with E-state index in [2.05, 4.69) is 43.5 Å². The lowest BCUT2D eigenvalue weighted by Crippen LogP contribution is -2.40. The van der Waals surface area contributed by atoms with E-state index in [1.54, 1.807) is 0 Å². The molecular formula is C44H82N2O5. The molecule has 4 N–H and O–H groups in total. The smallest absolute Gasteiger partial charge is 0.326 e. The zero-order chi connectivity index (χ0) is 37.5. The van der Waals surface area contributed by atoms with E-state index >= 15 is 0 Å². The summed E-state index contributed by atoms with van der Waals surface area (Å²) in [5, 5.41) is 11.9. The van der Waals surface area contributed by atoms with Crippen molar-refractivity contribution in [1.29, 1.82) is 0 Å². The summed E-state index contributed by atoms with van der Waals surface area (Å²) >= 11 is 0. The van der Waals surface area contributed by atoms with Crippen LogP contribution in [0.1, 0.15) is 219 Å². The number of allylic oxidation sites excluding steroid dienone is 4. The second-order valence-corrected chi connectivity index (χ2v) is 14.8.